The fourth-order valence-corrected chi connectivity index (χ4v) is 2.69. The Kier molecular flexibility index (Phi) is 7.02. The number of ether oxygens (including phenoxy) is 1. The molecule has 112 valence electrons. The molecule has 0 saturated heterocycles. The van der Waals surface area contributed by atoms with E-state index in [0.29, 0.717) is 17.9 Å². The van der Waals surface area contributed by atoms with Crippen molar-refractivity contribution in [2.24, 2.45) is 5.73 Å². The molecule has 0 aliphatic heterocycles. The molecule has 1 aromatic carbocycles. The molecule has 0 aliphatic rings. The number of thioether (sulfide) groups is 1. The standard InChI is InChI=1S/C15H22FNO2S/c1-3-19-14(18)15(2,17)10-6-7-11-20-13-9-5-4-8-12(13)16/h4-5,8-9H,3,6-7,10-11,17H2,1-2H3. The number of halogens is 1. The Morgan fingerprint density at radius 2 is 2.10 bits per heavy atom. The molecular formula is C15H22FNO2S. The summed E-state index contributed by atoms with van der Waals surface area (Å²) >= 11 is 1.48. The van der Waals surface area contributed by atoms with Gasteiger partial charge in [0.1, 0.15) is 11.4 Å². The van der Waals surface area contributed by atoms with E-state index in [1.165, 1.54) is 17.8 Å². The fraction of sp³-hybridized carbons (Fsp3) is 0.533. The first-order valence-electron chi connectivity index (χ1n) is 6.81. The number of unbranched alkanes of at least 4 members (excludes halogenated alkanes) is 1. The zero-order chi connectivity index (χ0) is 15.0. The van der Waals surface area contributed by atoms with E-state index < -0.39 is 5.54 Å². The highest BCUT2D eigenvalue weighted by Crippen LogP contribution is 2.23. The van der Waals surface area contributed by atoms with Crippen LogP contribution in [0, 0.1) is 5.82 Å². The number of carbonyl (C=O) groups is 1. The van der Waals surface area contributed by atoms with Crippen molar-refractivity contribution >= 4 is 17.7 Å². The average Bonchev–Trinajstić information content (AvgIpc) is 2.40. The summed E-state index contributed by atoms with van der Waals surface area (Å²) in [7, 11) is 0. The molecule has 1 rings (SSSR count). The van der Waals surface area contributed by atoms with Crippen LogP contribution in [-0.2, 0) is 9.53 Å². The van der Waals surface area contributed by atoms with Gasteiger partial charge in [-0.3, -0.25) is 4.79 Å². The molecule has 0 radical (unpaired) electrons. The van der Waals surface area contributed by atoms with Crippen LogP contribution in [0.1, 0.15) is 33.1 Å². The number of nitrogens with two attached hydrogens (primary N) is 1. The van der Waals surface area contributed by atoms with Crippen molar-refractivity contribution in [3.8, 4) is 0 Å². The molecule has 0 fully saturated rings. The van der Waals surface area contributed by atoms with Crippen molar-refractivity contribution in [1.82, 2.24) is 0 Å². The molecule has 0 heterocycles. The summed E-state index contributed by atoms with van der Waals surface area (Å²) in [6.45, 7) is 3.79. The Morgan fingerprint density at radius 3 is 2.75 bits per heavy atom. The highest BCUT2D eigenvalue weighted by Gasteiger charge is 2.28. The lowest BCUT2D eigenvalue weighted by atomic mass is 9.96. The third-order valence-corrected chi connectivity index (χ3v) is 4.06. The van der Waals surface area contributed by atoms with Crippen LogP contribution in [-0.4, -0.2) is 23.9 Å². The van der Waals surface area contributed by atoms with Crippen LogP contribution in [0.25, 0.3) is 0 Å². The van der Waals surface area contributed by atoms with Crippen LogP contribution in [0.3, 0.4) is 0 Å². The number of benzene rings is 1. The summed E-state index contributed by atoms with van der Waals surface area (Å²) in [6.07, 6.45) is 2.27. The summed E-state index contributed by atoms with van der Waals surface area (Å²) in [5.41, 5.74) is 4.99. The topological polar surface area (TPSA) is 52.3 Å². The van der Waals surface area contributed by atoms with Crippen LogP contribution >= 0.6 is 11.8 Å². The number of hydrogen-bond donors (Lipinski definition) is 1. The van der Waals surface area contributed by atoms with Crippen molar-refractivity contribution < 1.29 is 13.9 Å². The van der Waals surface area contributed by atoms with Gasteiger partial charge in [0.2, 0.25) is 0 Å². The van der Waals surface area contributed by atoms with E-state index in [0.717, 1.165) is 18.6 Å². The minimum atomic E-state index is -0.932. The molecule has 20 heavy (non-hydrogen) atoms. The molecule has 1 unspecified atom stereocenters. The monoisotopic (exact) mass is 299 g/mol. The first kappa shape index (κ1) is 17.0. The van der Waals surface area contributed by atoms with Crippen molar-refractivity contribution in [2.45, 2.75) is 43.5 Å². The molecule has 0 aliphatic carbocycles. The summed E-state index contributed by atoms with van der Waals surface area (Å²) in [6, 6.07) is 6.73. The highest BCUT2D eigenvalue weighted by molar-refractivity contribution is 7.99. The highest BCUT2D eigenvalue weighted by atomic mass is 32.2. The van der Waals surface area contributed by atoms with Gasteiger partial charge in [-0.25, -0.2) is 4.39 Å². The van der Waals surface area contributed by atoms with Gasteiger partial charge in [-0.05, 0) is 44.6 Å². The molecule has 0 amide bonds. The van der Waals surface area contributed by atoms with E-state index in [1.807, 2.05) is 6.07 Å². The molecule has 1 atom stereocenters. The molecule has 0 aromatic heterocycles. The van der Waals surface area contributed by atoms with Crippen molar-refractivity contribution in [2.75, 3.05) is 12.4 Å². The molecule has 0 saturated carbocycles. The quantitative estimate of drug-likeness (QED) is 0.454. The van der Waals surface area contributed by atoms with E-state index in [4.69, 9.17) is 10.5 Å². The van der Waals surface area contributed by atoms with Gasteiger partial charge < -0.3 is 10.5 Å². The molecule has 1 aromatic rings. The van der Waals surface area contributed by atoms with Gasteiger partial charge in [-0.1, -0.05) is 18.6 Å². The Morgan fingerprint density at radius 1 is 1.40 bits per heavy atom. The van der Waals surface area contributed by atoms with Crippen molar-refractivity contribution in [3.05, 3.63) is 30.1 Å². The second-order valence-electron chi connectivity index (χ2n) is 4.87. The lowest BCUT2D eigenvalue weighted by molar-refractivity contribution is -0.149. The second-order valence-corrected chi connectivity index (χ2v) is 6.01. The summed E-state index contributed by atoms with van der Waals surface area (Å²) in [5, 5.41) is 0. The minimum Gasteiger partial charge on any atom is -0.465 e. The number of rotatable bonds is 8. The molecular weight excluding hydrogens is 277 g/mol. The Balaban J connectivity index is 2.25. The van der Waals surface area contributed by atoms with E-state index in [2.05, 4.69) is 0 Å². The van der Waals surface area contributed by atoms with Crippen LogP contribution in [0.4, 0.5) is 4.39 Å². The predicted molar refractivity (Wildman–Crippen MR) is 80.2 cm³/mol. The normalized spacial score (nSPS) is 13.8. The second kappa shape index (κ2) is 8.27. The maximum atomic E-state index is 13.4. The van der Waals surface area contributed by atoms with Gasteiger partial charge >= 0.3 is 5.97 Å². The molecule has 5 heteroatoms. The van der Waals surface area contributed by atoms with Gasteiger partial charge in [0.15, 0.2) is 0 Å². The summed E-state index contributed by atoms with van der Waals surface area (Å²) in [5.74, 6) is 0.259. The lowest BCUT2D eigenvalue weighted by Gasteiger charge is -2.21. The third kappa shape index (κ3) is 5.51. The van der Waals surface area contributed by atoms with Gasteiger partial charge in [0.05, 0.1) is 6.61 Å². The maximum Gasteiger partial charge on any atom is 0.325 e. The molecule has 0 bridgehead atoms. The van der Waals surface area contributed by atoms with Gasteiger partial charge in [0, 0.05) is 4.90 Å². The largest absolute Gasteiger partial charge is 0.465 e. The van der Waals surface area contributed by atoms with E-state index in [1.54, 1.807) is 26.0 Å². The number of esters is 1. The van der Waals surface area contributed by atoms with E-state index in [9.17, 15) is 9.18 Å². The average molecular weight is 299 g/mol. The Hall–Kier alpha value is -1.07. The molecule has 3 nitrogen and oxygen atoms in total. The first-order chi connectivity index (χ1) is 9.47. The van der Waals surface area contributed by atoms with Gasteiger partial charge in [-0.15, -0.1) is 11.8 Å². The summed E-state index contributed by atoms with van der Waals surface area (Å²) < 4.78 is 18.3. The molecule has 0 spiro atoms. The van der Waals surface area contributed by atoms with Crippen LogP contribution in [0.2, 0.25) is 0 Å². The predicted octanol–water partition coefficient (Wildman–Crippen LogP) is 3.37. The number of hydrogen-bond acceptors (Lipinski definition) is 4. The van der Waals surface area contributed by atoms with Crippen molar-refractivity contribution in [1.29, 1.82) is 0 Å². The minimum absolute atomic E-state index is 0.187. The van der Waals surface area contributed by atoms with Gasteiger partial charge in [-0.2, -0.15) is 0 Å². The van der Waals surface area contributed by atoms with Crippen LogP contribution < -0.4 is 5.73 Å². The first-order valence-corrected chi connectivity index (χ1v) is 7.79. The fourth-order valence-electron chi connectivity index (χ4n) is 1.74. The number of carbonyl (C=O) groups excluding carboxylic acids is 1. The molecule has 2 N–H and O–H groups in total. The maximum absolute atomic E-state index is 13.4. The Bertz CT molecular complexity index is 438. The van der Waals surface area contributed by atoms with E-state index >= 15 is 0 Å². The Labute approximate surface area is 124 Å². The van der Waals surface area contributed by atoms with Gasteiger partial charge in [0.25, 0.3) is 0 Å². The van der Waals surface area contributed by atoms with Crippen LogP contribution in [0.15, 0.2) is 29.2 Å². The zero-order valence-corrected chi connectivity index (χ0v) is 12.8. The van der Waals surface area contributed by atoms with E-state index in [-0.39, 0.29) is 11.8 Å². The smallest absolute Gasteiger partial charge is 0.325 e. The lowest BCUT2D eigenvalue weighted by Crippen LogP contribution is -2.46. The van der Waals surface area contributed by atoms with Crippen molar-refractivity contribution in [3.63, 3.8) is 0 Å². The SMILES string of the molecule is CCOC(=O)C(C)(N)CCCCSc1ccccc1F. The zero-order valence-electron chi connectivity index (χ0n) is 12.0. The third-order valence-electron chi connectivity index (χ3n) is 2.93. The van der Waals surface area contributed by atoms with Crippen LogP contribution in [0.5, 0.6) is 0 Å². The summed E-state index contributed by atoms with van der Waals surface area (Å²) in [4.78, 5) is 12.3.